The molecule has 1 aliphatic rings. The second-order valence-electron chi connectivity index (χ2n) is 3.34. The molecule has 0 aromatic carbocycles. The van der Waals surface area contributed by atoms with Crippen LogP contribution in [0.5, 0.6) is 0 Å². The summed E-state index contributed by atoms with van der Waals surface area (Å²) in [6.07, 6.45) is 0.0786. The van der Waals surface area contributed by atoms with Gasteiger partial charge in [0.05, 0.1) is 0 Å². The molecule has 86 valence electrons. The van der Waals surface area contributed by atoms with Crippen LogP contribution in [0.4, 0.5) is 4.79 Å². The summed E-state index contributed by atoms with van der Waals surface area (Å²) in [5.74, 6) is -0.549. The van der Waals surface area contributed by atoms with E-state index in [0.717, 1.165) is 0 Å². The molecule has 1 heterocycles. The van der Waals surface area contributed by atoms with Crippen molar-refractivity contribution in [2.24, 2.45) is 5.92 Å². The Morgan fingerprint density at radius 3 is 2.20 bits per heavy atom. The number of ketones is 1. The van der Waals surface area contributed by atoms with Crippen LogP contribution in [0.3, 0.4) is 0 Å². The van der Waals surface area contributed by atoms with Gasteiger partial charge >= 0.3 is 6.03 Å². The summed E-state index contributed by atoms with van der Waals surface area (Å²) in [5.41, 5.74) is 0. The number of nitrogens with one attached hydrogen (secondary N) is 2. The van der Waals surface area contributed by atoms with Crippen LogP contribution in [0.1, 0.15) is 34.1 Å². The molecule has 1 atom stereocenters. The summed E-state index contributed by atoms with van der Waals surface area (Å²) in [7, 11) is 0. The quantitative estimate of drug-likeness (QED) is 0.683. The highest BCUT2D eigenvalue weighted by Crippen LogP contribution is 2.05. The number of Topliss-reactive ketones (excluding diaryl/α,β-unsaturated/α-hetero) is 1. The minimum absolute atomic E-state index is 0.0256. The van der Waals surface area contributed by atoms with Crippen LogP contribution in [-0.2, 0) is 9.59 Å². The molecule has 3 amide bonds. The molecule has 0 radical (unpaired) electrons. The third-order valence-electron chi connectivity index (χ3n) is 1.91. The van der Waals surface area contributed by atoms with E-state index >= 15 is 0 Å². The molecule has 1 unspecified atom stereocenters. The number of hydrogen-bond donors (Lipinski definition) is 2. The fraction of sp³-hybridized carbons (Fsp3) is 0.700. The Hall–Kier alpha value is -1.39. The molecule has 0 aromatic heterocycles. The maximum Gasteiger partial charge on any atom is 0.322 e. The first-order valence-electron chi connectivity index (χ1n) is 5.14. The van der Waals surface area contributed by atoms with Crippen molar-refractivity contribution >= 4 is 17.7 Å². The minimum Gasteiger partial charge on any atom is -0.326 e. The molecule has 0 aliphatic carbocycles. The number of carbonyl (C=O) groups is 3. The molecule has 0 saturated carbocycles. The van der Waals surface area contributed by atoms with Crippen molar-refractivity contribution in [3.63, 3.8) is 0 Å². The Balaban J connectivity index is 0.000000921. The number of urea groups is 1. The van der Waals surface area contributed by atoms with E-state index in [1.807, 2.05) is 13.8 Å². The van der Waals surface area contributed by atoms with Crippen LogP contribution in [0.2, 0.25) is 0 Å². The van der Waals surface area contributed by atoms with Crippen molar-refractivity contribution in [1.29, 1.82) is 0 Å². The van der Waals surface area contributed by atoms with Gasteiger partial charge in [-0.05, 0) is 0 Å². The predicted molar refractivity (Wildman–Crippen MR) is 56.3 cm³/mol. The van der Waals surface area contributed by atoms with Crippen molar-refractivity contribution in [2.75, 3.05) is 0 Å². The molecule has 5 nitrogen and oxygen atoms in total. The summed E-state index contributed by atoms with van der Waals surface area (Å²) in [6.45, 7) is 7.52. The first-order valence-corrected chi connectivity index (χ1v) is 5.14. The Labute approximate surface area is 89.6 Å². The first kappa shape index (κ1) is 13.6. The van der Waals surface area contributed by atoms with Crippen LogP contribution in [0, 0.1) is 5.92 Å². The van der Waals surface area contributed by atoms with E-state index < -0.39 is 18.0 Å². The summed E-state index contributed by atoms with van der Waals surface area (Å²) in [5, 5.41) is 4.44. The van der Waals surface area contributed by atoms with Gasteiger partial charge in [0.25, 0.3) is 5.91 Å². The van der Waals surface area contributed by atoms with Crippen molar-refractivity contribution in [2.45, 2.75) is 40.2 Å². The van der Waals surface area contributed by atoms with Gasteiger partial charge in [0, 0.05) is 12.3 Å². The zero-order chi connectivity index (χ0) is 12.0. The Bertz CT molecular complexity index is 261. The standard InChI is InChI=1S/C8H12N2O3.C2H6/c1-4(2)6(11)3-5-7(12)10-8(13)9-5;1-2/h4-5H,3H2,1-2H3,(H2,9,10,12,13);1-2H3. The lowest BCUT2D eigenvalue weighted by Crippen LogP contribution is -2.32. The number of amides is 3. The normalized spacial score (nSPS) is 19.1. The molecule has 0 bridgehead atoms. The smallest absolute Gasteiger partial charge is 0.322 e. The van der Waals surface area contributed by atoms with E-state index in [9.17, 15) is 14.4 Å². The summed E-state index contributed by atoms with van der Waals surface area (Å²) >= 11 is 0. The second-order valence-corrected chi connectivity index (χ2v) is 3.34. The molecule has 5 heteroatoms. The highest BCUT2D eigenvalue weighted by molar-refractivity contribution is 6.05. The predicted octanol–water partition coefficient (Wildman–Crippen LogP) is 0.836. The number of imide groups is 1. The van der Waals surface area contributed by atoms with Crippen molar-refractivity contribution in [3.8, 4) is 0 Å². The monoisotopic (exact) mass is 214 g/mol. The summed E-state index contributed by atoms with van der Waals surface area (Å²) < 4.78 is 0. The van der Waals surface area contributed by atoms with E-state index in [2.05, 4.69) is 10.6 Å². The summed E-state index contributed by atoms with van der Waals surface area (Å²) in [6, 6.07) is -1.20. The van der Waals surface area contributed by atoms with E-state index in [1.54, 1.807) is 13.8 Å². The Morgan fingerprint density at radius 2 is 1.87 bits per heavy atom. The van der Waals surface area contributed by atoms with Gasteiger partial charge in [0.15, 0.2) is 0 Å². The Kier molecular flexibility index (Phi) is 5.59. The van der Waals surface area contributed by atoms with Gasteiger partial charge in [-0.15, -0.1) is 0 Å². The van der Waals surface area contributed by atoms with Gasteiger partial charge in [0.2, 0.25) is 0 Å². The molecule has 15 heavy (non-hydrogen) atoms. The molecule has 1 saturated heterocycles. The third kappa shape index (κ3) is 4.10. The van der Waals surface area contributed by atoms with Gasteiger partial charge in [0.1, 0.15) is 11.8 Å². The maximum absolute atomic E-state index is 11.2. The van der Waals surface area contributed by atoms with Crippen LogP contribution in [0.15, 0.2) is 0 Å². The average molecular weight is 214 g/mol. The summed E-state index contributed by atoms with van der Waals surface area (Å²) in [4.78, 5) is 32.9. The van der Waals surface area contributed by atoms with Crippen molar-refractivity contribution < 1.29 is 14.4 Å². The topological polar surface area (TPSA) is 75.3 Å². The van der Waals surface area contributed by atoms with E-state index in [-0.39, 0.29) is 18.1 Å². The SMILES string of the molecule is CC.CC(C)C(=O)CC1NC(=O)NC1=O. The highest BCUT2D eigenvalue weighted by Gasteiger charge is 2.31. The Morgan fingerprint density at radius 1 is 1.33 bits per heavy atom. The molecule has 1 aliphatic heterocycles. The fourth-order valence-corrected chi connectivity index (χ4v) is 1.04. The van der Waals surface area contributed by atoms with Crippen molar-refractivity contribution in [3.05, 3.63) is 0 Å². The van der Waals surface area contributed by atoms with Crippen LogP contribution in [0.25, 0.3) is 0 Å². The van der Waals surface area contributed by atoms with Crippen LogP contribution in [-0.4, -0.2) is 23.8 Å². The second kappa shape index (κ2) is 6.16. The van der Waals surface area contributed by atoms with Gasteiger partial charge in [-0.25, -0.2) is 4.79 Å². The maximum atomic E-state index is 11.2. The molecular formula is C10H18N2O3. The van der Waals surface area contributed by atoms with Gasteiger partial charge in [-0.3, -0.25) is 14.9 Å². The fourth-order valence-electron chi connectivity index (χ4n) is 1.04. The average Bonchev–Trinajstić information content (AvgIpc) is 2.48. The van der Waals surface area contributed by atoms with E-state index in [0.29, 0.717) is 0 Å². The zero-order valence-corrected chi connectivity index (χ0v) is 9.59. The van der Waals surface area contributed by atoms with Crippen LogP contribution < -0.4 is 10.6 Å². The van der Waals surface area contributed by atoms with Crippen LogP contribution >= 0.6 is 0 Å². The minimum atomic E-state index is -0.678. The largest absolute Gasteiger partial charge is 0.326 e. The third-order valence-corrected chi connectivity index (χ3v) is 1.91. The van der Waals surface area contributed by atoms with Gasteiger partial charge in [-0.2, -0.15) is 0 Å². The van der Waals surface area contributed by atoms with Gasteiger partial charge in [-0.1, -0.05) is 27.7 Å². The molecule has 0 spiro atoms. The number of rotatable bonds is 3. The van der Waals surface area contributed by atoms with E-state index in [4.69, 9.17) is 0 Å². The number of carbonyl (C=O) groups excluding carboxylic acids is 3. The molecule has 1 fully saturated rings. The lowest BCUT2D eigenvalue weighted by molar-refractivity contribution is -0.126. The molecule has 1 rings (SSSR count). The lowest BCUT2D eigenvalue weighted by atomic mass is 10.0. The lowest BCUT2D eigenvalue weighted by Gasteiger charge is -2.07. The first-order chi connectivity index (χ1) is 7.00. The molecule has 2 N–H and O–H groups in total. The van der Waals surface area contributed by atoms with Crippen molar-refractivity contribution in [1.82, 2.24) is 10.6 Å². The van der Waals surface area contributed by atoms with Gasteiger partial charge < -0.3 is 5.32 Å². The highest BCUT2D eigenvalue weighted by atomic mass is 16.2. The molecule has 0 aromatic rings. The molecular weight excluding hydrogens is 196 g/mol. The van der Waals surface area contributed by atoms with E-state index in [1.165, 1.54) is 0 Å². The number of hydrogen-bond acceptors (Lipinski definition) is 3. The zero-order valence-electron chi connectivity index (χ0n) is 9.59.